The second-order valence-electron chi connectivity index (χ2n) is 3.96. The van der Waals surface area contributed by atoms with Gasteiger partial charge in [0.1, 0.15) is 5.69 Å². The van der Waals surface area contributed by atoms with Gasteiger partial charge in [-0.25, -0.2) is 4.98 Å². The van der Waals surface area contributed by atoms with Crippen LogP contribution in [0.4, 0.5) is 11.4 Å². The number of anilines is 1. The maximum atomic E-state index is 12.2. The molecule has 0 radical (unpaired) electrons. The Morgan fingerprint density at radius 3 is 2.85 bits per heavy atom. The standard InChI is InChI=1S/C11H10ClN5O3/c1-6-8(17(19)20)9(16(2)15-6)11(18)14-7-4-3-5-13-10(7)12/h3-5H,1-2H3,(H,14,18). The van der Waals surface area contributed by atoms with Crippen LogP contribution in [-0.4, -0.2) is 25.6 Å². The molecule has 0 aliphatic carbocycles. The highest BCUT2D eigenvalue weighted by molar-refractivity contribution is 6.32. The molecule has 0 aliphatic heterocycles. The molecule has 0 atom stereocenters. The van der Waals surface area contributed by atoms with Gasteiger partial charge in [0, 0.05) is 13.2 Å². The summed E-state index contributed by atoms with van der Waals surface area (Å²) < 4.78 is 1.16. The predicted octanol–water partition coefficient (Wildman–Crippen LogP) is 1.94. The van der Waals surface area contributed by atoms with Crippen molar-refractivity contribution in [2.45, 2.75) is 6.92 Å². The van der Waals surface area contributed by atoms with Crippen molar-refractivity contribution >= 4 is 28.9 Å². The summed E-state index contributed by atoms with van der Waals surface area (Å²) in [4.78, 5) is 26.3. The molecule has 1 amide bonds. The lowest BCUT2D eigenvalue weighted by Gasteiger charge is -2.06. The Morgan fingerprint density at radius 2 is 2.25 bits per heavy atom. The van der Waals surface area contributed by atoms with E-state index in [1.807, 2.05) is 0 Å². The van der Waals surface area contributed by atoms with E-state index in [9.17, 15) is 14.9 Å². The SMILES string of the molecule is Cc1nn(C)c(C(=O)Nc2cccnc2Cl)c1[N+](=O)[O-]. The van der Waals surface area contributed by atoms with E-state index in [-0.39, 0.29) is 27.9 Å². The van der Waals surface area contributed by atoms with Gasteiger partial charge in [-0.1, -0.05) is 11.6 Å². The average Bonchev–Trinajstić information content (AvgIpc) is 2.67. The van der Waals surface area contributed by atoms with Crippen LogP contribution in [0.5, 0.6) is 0 Å². The van der Waals surface area contributed by atoms with Crippen LogP contribution in [0.25, 0.3) is 0 Å². The Kier molecular flexibility index (Phi) is 3.66. The van der Waals surface area contributed by atoms with Crippen LogP contribution in [0.2, 0.25) is 5.15 Å². The molecular formula is C11H10ClN5O3. The summed E-state index contributed by atoms with van der Waals surface area (Å²) in [6, 6.07) is 3.13. The highest BCUT2D eigenvalue weighted by Crippen LogP contribution is 2.24. The molecule has 2 rings (SSSR count). The molecule has 0 aliphatic rings. The molecule has 0 bridgehead atoms. The Bertz CT molecular complexity index is 697. The predicted molar refractivity (Wildman–Crippen MR) is 71.8 cm³/mol. The van der Waals surface area contributed by atoms with Crippen molar-refractivity contribution in [3.8, 4) is 0 Å². The van der Waals surface area contributed by atoms with Gasteiger partial charge in [0.2, 0.25) is 5.69 Å². The van der Waals surface area contributed by atoms with Gasteiger partial charge < -0.3 is 5.32 Å². The van der Waals surface area contributed by atoms with Crippen molar-refractivity contribution in [1.29, 1.82) is 0 Å². The average molecular weight is 296 g/mol. The number of hydrogen-bond donors (Lipinski definition) is 1. The summed E-state index contributed by atoms with van der Waals surface area (Å²) in [5.41, 5.74) is -0.0373. The zero-order valence-corrected chi connectivity index (χ0v) is 11.4. The number of rotatable bonds is 3. The summed E-state index contributed by atoms with van der Waals surface area (Å²) in [5, 5.41) is 17.5. The molecule has 0 fully saturated rings. The van der Waals surface area contributed by atoms with Crippen molar-refractivity contribution in [3.63, 3.8) is 0 Å². The van der Waals surface area contributed by atoms with Crippen LogP contribution < -0.4 is 5.32 Å². The third-order valence-electron chi connectivity index (χ3n) is 2.60. The van der Waals surface area contributed by atoms with E-state index in [0.29, 0.717) is 0 Å². The lowest BCUT2D eigenvalue weighted by atomic mass is 10.3. The van der Waals surface area contributed by atoms with Gasteiger partial charge in [-0.05, 0) is 19.1 Å². The second-order valence-corrected chi connectivity index (χ2v) is 4.32. The summed E-state index contributed by atoms with van der Waals surface area (Å²) in [6.45, 7) is 1.46. The molecule has 2 heterocycles. The smallest absolute Gasteiger partial charge is 0.318 e. The first kappa shape index (κ1) is 13.9. The number of nitrogens with zero attached hydrogens (tertiary/aromatic N) is 4. The molecule has 1 N–H and O–H groups in total. The quantitative estimate of drug-likeness (QED) is 0.529. The Labute approximate surface area is 118 Å². The van der Waals surface area contributed by atoms with Crippen LogP contribution in [0, 0.1) is 17.0 Å². The van der Waals surface area contributed by atoms with Gasteiger partial charge in [-0.3, -0.25) is 19.6 Å². The molecule has 20 heavy (non-hydrogen) atoms. The number of halogens is 1. The molecular weight excluding hydrogens is 286 g/mol. The van der Waals surface area contributed by atoms with Gasteiger partial charge in [-0.2, -0.15) is 5.10 Å². The molecule has 0 saturated heterocycles. The minimum absolute atomic E-state index is 0.0994. The number of amides is 1. The fourth-order valence-electron chi connectivity index (χ4n) is 1.78. The first-order chi connectivity index (χ1) is 9.41. The molecule has 9 heteroatoms. The molecule has 0 saturated carbocycles. The van der Waals surface area contributed by atoms with Crippen LogP contribution >= 0.6 is 11.6 Å². The maximum Gasteiger partial charge on any atom is 0.322 e. The molecule has 2 aromatic heterocycles. The minimum atomic E-state index is -0.672. The Hall–Kier alpha value is -2.48. The van der Waals surface area contributed by atoms with E-state index in [4.69, 9.17) is 11.6 Å². The van der Waals surface area contributed by atoms with E-state index in [1.165, 1.54) is 20.2 Å². The zero-order valence-electron chi connectivity index (χ0n) is 10.6. The van der Waals surface area contributed by atoms with Crippen LogP contribution in [0.15, 0.2) is 18.3 Å². The number of carbonyl (C=O) groups excluding carboxylic acids is 1. The molecule has 0 aromatic carbocycles. The molecule has 2 aromatic rings. The second kappa shape index (κ2) is 5.25. The summed E-state index contributed by atoms with van der Waals surface area (Å²) in [6.07, 6.45) is 1.47. The monoisotopic (exact) mass is 295 g/mol. The van der Waals surface area contributed by atoms with Crippen molar-refractivity contribution in [3.05, 3.63) is 45.0 Å². The fraction of sp³-hybridized carbons (Fsp3) is 0.182. The highest BCUT2D eigenvalue weighted by atomic mass is 35.5. The van der Waals surface area contributed by atoms with Gasteiger partial charge in [0.05, 0.1) is 10.6 Å². The molecule has 8 nitrogen and oxygen atoms in total. The summed E-state index contributed by atoms with van der Waals surface area (Å²) in [5.74, 6) is -0.672. The van der Waals surface area contributed by atoms with Crippen molar-refractivity contribution < 1.29 is 9.72 Å². The van der Waals surface area contributed by atoms with Crippen molar-refractivity contribution in [2.24, 2.45) is 7.05 Å². The zero-order chi connectivity index (χ0) is 14.9. The van der Waals surface area contributed by atoms with E-state index in [1.54, 1.807) is 12.1 Å². The number of aryl methyl sites for hydroxylation is 2. The van der Waals surface area contributed by atoms with Gasteiger partial charge in [-0.15, -0.1) is 0 Å². The highest BCUT2D eigenvalue weighted by Gasteiger charge is 2.29. The largest absolute Gasteiger partial charge is 0.322 e. The first-order valence-electron chi connectivity index (χ1n) is 5.51. The third-order valence-corrected chi connectivity index (χ3v) is 2.90. The van der Waals surface area contributed by atoms with E-state index < -0.39 is 10.8 Å². The van der Waals surface area contributed by atoms with Crippen molar-refractivity contribution in [2.75, 3.05) is 5.32 Å². The number of carbonyl (C=O) groups is 1. The Morgan fingerprint density at radius 1 is 1.55 bits per heavy atom. The lowest BCUT2D eigenvalue weighted by Crippen LogP contribution is -2.18. The van der Waals surface area contributed by atoms with Crippen LogP contribution in [-0.2, 0) is 7.05 Å². The van der Waals surface area contributed by atoms with Gasteiger partial charge in [0.25, 0.3) is 5.91 Å². The van der Waals surface area contributed by atoms with Crippen molar-refractivity contribution in [1.82, 2.24) is 14.8 Å². The van der Waals surface area contributed by atoms with Gasteiger partial charge in [0.15, 0.2) is 5.15 Å². The van der Waals surface area contributed by atoms with E-state index in [2.05, 4.69) is 15.4 Å². The van der Waals surface area contributed by atoms with Crippen LogP contribution in [0.1, 0.15) is 16.2 Å². The van der Waals surface area contributed by atoms with Gasteiger partial charge >= 0.3 is 5.69 Å². The number of hydrogen-bond acceptors (Lipinski definition) is 5. The molecule has 104 valence electrons. The number of pyridine rings is 1. The molecule has 0 unspecified atom stereocenters. The van der Waals surface area contributed by atoms with E-state index in [0.717, 1.165) is 4.68 Å². The number of aromatic nitrogens is 3. The van der Waals surface area contributed by atoms with Crippen LogP contribution in [0.3, 0.4) is 0 Å². The maximum absolute atomic E-state index is 12.2. The fourth-order valence-corrected chi connectivity index (χ4v) is 1.95. The minimum Gasteiger partial charge on any atom is -0.318 e. The number of nitrogens with one attached hydrogen (secondary N) is 1. The topological polar surface area (TPSA) is 103 Å². The Balaban J connectivity index is 2.40. The molecule has 0 spiro atoms. The third kappa shape index (κ3) is 2.45. The lowest BCUT2D eigenvalue weighted by molar-refractivity contribution is -0.385. The number of nitro groups is 1. The summed E-state index contributed by atoms with van der Waals surface area (Å²) in [7, 11) is 1.46. The normalized spacial score (nSPS) is 10.3. The first-order valence-corrected chi connectivity index (χ1v) is 5.89. The summed E-state index contributed by atoms with van der Waals surface area (Å²) >= 11 is 5.82. The van der Waals surface area contributed by atoms with E-state index >= 15 is 0 Å².